The normalized spacial score (nSPS) is 22.9. The highest BCUT2D eigenvalue weighted by atomic mass is 16.5. The molecule has 3 heterocycles. The van der Waals surface area contributed by atoms with E-state index in [4.69, 9.17) is 4.74 Å². The van der Waals surface area contributed by atoms with E-state index in [9.17, 15) is 0 Å². The van der Waals surface area contributed by atoms with Crippen LogP contribution in [0.3, 0.4) is 0 Å². The van der Waals surface area contributed by atoms with Crippen LogP contribution < -0.4 is 10.6 Å². The van der Waals surface area contributed by atoms with Crippen LogP contribution in [0.4, 0.5) is 11.8 Å². The van der Waals surface area contributed by atoms with E-state index in [1.165, 1.54) is 0 Å². The molecule has 0 aliphatic carbocycles. The largest absolute Gasteiger partial charge is 0.379 e. The lowest BCUT2D eigenvalue weighted by Crippen LogP contribution is -2.43. The lowest BCUT2D eigenvalue weighted by atomic mass is 9.95. The predicted molar refractivity (Wildman–Crippen MR) is 77.9 cm³/mol. The van der Waals surface area contributed by atoms with E-state index in [-0.39, 0.29) is 5.54 Å². The number of anilines is 2. The Morgan fingerprint density at radius 1 is 1.45 bits per heavy atom. The molecule has 2 aromatic rings. The zero-order valence-corrected chi connectivity index (χ0v) is 11.9. The summed E-state index contributed by atoms with van der Waals surface area (Å²) in [7, 11) is 0. The Labute approximate surface area is 117 Å². The van der Waals surface area contributed by atoms with Gasteiger partial charge in [-0.1, -0.05) is 0 Å². The van der Waals surface area contributed by atoms with Crippen LogP contribution in [0.5, 0.6) is 0 Å². The third kappa shape index (κ3) is 2.53. The Kier molecular flexibility index (Phi) is 3.43. The number of H-pyrrole nitrogens is 1. The maximum absolute atomic E-state index is 5.58. The van der Waals surface area contributed by atoms with E-state index in [1.54, 1.807) is 6.20 Å². The number of nitrogens with zero attached hydrogens (tertiary/aromatic N) is 3. The molecule has 0 saturated carbocycles. The van der Waals surface area contributed by atoms with Gasteiger partial charge in [0.1, 0.15) is 5.82 Å². The number of hydrogen-bond donors (Lipinski definition) is 3. The van der Waals surface area contributed by atoms with Gasteiger partial charge in [0, 0.05) is 13.2 Å². The molecule has 1 aliphatic rings. The Morgan fingerprint density at radius 2 is 2.35 bits per heavy atom. The van der Waals surface area contributed by atoms with Crippen molar-refractivity contribution in [2.45, 2.75) is 32.2 Å². The fourth-order valence-corrected chi connectivity index (χ4v) is 2.49. The predicted octanol–water partition coefficient (Wildman–Crippen LogP) is 1.77. The quantitative estimate of drug-likeness (QED) is 0.788. The fraction of sp³-hybridized carbons (Fsp3) is 0.615. The highest BCUT2D eigenvalue weighted by Crippen LogP contribution is 2.27. The van der Waals surface area contributed by atoms with E-state index in [1.807, 2.05) is 6.92 Å². The van der Waals surface area contributed by atoms with Crippen molar-refractivity contribution in [2.24, 2.45) is 0 Å². The van der Waals surface area contributed by atoms with Crippen LogP contribution in [-0.2, 0) is 4.74 Å². The molecule has 1 saturated heterocycles. The Hall–Kier alpha value is -1.89. The van der Waals surface area contributed by atoms with Crippen molar-refractivity contribution in [1.29, 1.82) is 0 Å². The van der Waals surface area contributed by atoms with Crippen molar-refractivity contribution in [3.63, 3.8) is 0 Å². The number of ether oxygens (including phenoxy) is 1. The van der Waals surface area contributed by atoms with Crippen LogP contribution in [0, 0.1) is 0 Å². The van der Waals surface area contributed by atoms with Gasteiger partial charge in [0.05, 0.1) is 23.7 Å². The van der Waals surface area contributed by atoms with Gasteiger partial charge in [0.15, 0.2) is 5.65 Å². The van der Waals surface area contributed by atoms with Gasteiger partial charge >= 0.3 is 0 Å². The standard InChI is InChI=1S/C13H20N6O/c1-3-14-12-16-10(9-7-15-19-11(9)17-12)18-13(2)5-4-6-20-8-13/h7H,3-6,8H2,1-2H3,(H3,14,15,16,17,18,19). The molecule has 1 fully saturated rings. The molecule has 3 rings (SSSR count). The average molecular weight is 276 g/mol. The molecule has 1 atom stereocenters. The number of aromatic amines is 1. The van der Waals surface area contributed by atoms with Gasteiger partial charge in [-0.3, -0.25) is 5.10 Å². The van der Waals surface area contributed by atoms with E-state index >= 15 is 0 Å². The second-order valence-corrected chi connectivity index (χ2v) is 5.40. The molecule has 7 heteroatoms. The first-order chi connectivity index (χ1) is 9.70. The Balaban J connectivity index is 1.94. The smallest absolute Gasteiger partial charge is 0.226 e. The molecule has 0 radical (unpaired) electrons. The van der Waals surface area contributed by atoms with E-state index < -0.39 is 0 Å². The fourth-order valence-electron chi connectivity index (χ4n) is 2.49. The molecule has 0 amide bonds. The third-order valence-corrected chi connectivity index (χ3v) is 3.50. The number of aromatic nitrogens is 4. The van der Waals surface area contributed by atoms with Crippen LogP contribution in [0.2, 0.25) is 0 Å². The lowest BCUT2D eigenvalue weighted by molar-refractivity contribution is 0.0539. The van der Waals surface area contributed by atoms with Crippen molar-refractivity contribution in [1.82, 2.24) is 20.2 Å². The van der Waals surface area contributed by atoms with Crippen LogP contribution in [0.25, 0.3) is 11.0 Å². The van der Waals surface area contributed by atoms with Gasteiger partial charge in [0.25, 0.3) is 0 Å². The van der Waals surface area contributed by atoms with Gasteiger partial charge in [-0.25, -0.2) is 0 Å². The SMILES string of the molecule is CCNc1nc(NC2(C)CCCOC2)c2cn[nH]c2n1. The highest BCUT2D eigenvalue weighted by molar-refractivity contribution is 5.87. The second kappa shape index (κ2) is 5.24. The summed E-state index contributed by atoms with van der Waals surface area (Å²) in [6.07, 6.45) is 3.87. The molecular weight excluding hydrogens is 256 g/mol. The number of nitrogens with one attached hydrogen (secondary N) is 3. The van der Waals surface area contributed by atoms with Crippen molar-refractivity contribution in [3.8, 4) is 0 Å². The van der Waals surface area contributed by atoms with Gasteiger partial charge in [0.2, 0.25) is 5.95 Å². The molecule has 0 spiro atoms. The van der Waals surface area contributed by atoms with Gasteiger partial charge in [-0.2, -0.15) is 15.1 Å². The van der Waals surface area contributed by atoms with Gasteiger partial charge in [-0.15, -0.1) is 0 Å². The molecule has 1 aliphatic heterocycles. The van der Waals surface area contributed by atoms with E-state index in [2.05, 4.69) is 37.7 Å². The summed E-state index contributed by atoms with van der Waals surface area (Å²) in [5, 5.41) is 14.5. The molecule has 108 valence electrons. The highest BCUT2D eigenvalue weighted by Gasteiger charge is 2.28. The minimum Gasteiger partial charge on any atom is -0.379 e. The summed E-state index contributed by atoms with van der Waals surface area (Å²) >= 11 is 0. The summed E-state index contributed by atoms with van der Waals surface area (Å²) in [5.74, 6) is 1.40. The van der Waals surface area contributed by atoms with Crippen molar-refractivity contribution in [2.75, 3.05) is 30.4 Å². The topological polar surface area (TPSA) is 87.8 Å². The molecular formula is C13H20N6O. The first kappa shape index (κ1) is 13.1. The zero-order valence-electron chi connectivity index (χ0n) is 11.9. The van der Waals surface area contributed by atoms with Crippen LogP contribution in [0.15, 0.2) is 6.20 Å². The summed E-state index contributed by atoms with van der Waals surface area (Å²) in [6, 6.07) is 0. The third-order valence-electron chi connectivity index (χ3n) is 3.50. The molecule has 1 unspecified atom stereocenters. The summed E-state index contributed by atoms with van der Waals surface area (Å²) < 4.78 is 5.58. The van der Waals surface area contributed by atoms with Gasteiger partial charge in [-0.05, 0) is 26.7 Å². The molecule has 3 N–H and O–H groups in total. The molecule has 0 bridgehead atoms. The molecule has 0 aromatic carbocycles. The molecule has 7 nitrogen and oxygen atoms in total. The van der Waals surface area contributed by atoms with E-state index in [0.29, 0.717) is 12.6 Å². The van der Waals surface area contributed by atoms with Gasteiger partial charge < -0.3 is 15.4 Å². The first-order valence-electron chi connectivity index (χ1n) is 7.01. The van der Waals surface area contributed by atoms with Crippen LogP contribution in [-0.4, -0.2) is 45.5 Å². The minimum atomic E-state index is -0.0969. The van der Waals surface area contributed by atoms with Crippen molar-refractivity contribution < 1.29 is 4.74 Å². The monoisotopic (exact) mass is 276 g/mol. The Morgan fingerprint density at radius 3 is 3.10 bits per heavy atom. The summed E-state index contributed by atoms with van der Waals surface area (Å²) in [5.41, 5.74) is 0.638. The van der Waals surface area contributed by atoms with Crippen molar-refractivity contribution in [3.05, 3.63) is 6.20 Å². The second-order valence-electron chi connectivity index (χ2n) is 5.40. The summed E-state index contributed by atoms with van der Waals surface area (Å²) in [6.45, 7) is 6.48. The number of fused-ring (bicyclic) bond motifs is 1. The summed E-state index contributed by atoms with van der Waals surface area (Å²) in [4.78, 5) is 8.94. The average Bonchev–Trinajstić information content (AvgIpc) is 2.88. The number of rotatable bonds is 4. The van der Waals surface area contributed by atoms with Crippen molar-refractivity contribution >= 4 is 22.8 Å². The van der Waals surface area contributed by atoms with Crippen LogP contribution in [0.1, 0.15) is 26.7 Å². The van der Waals surface area contributed by atoms with Crippen LogP contribution >= 0.6 is 0 Å². The number of hydrogen-bond acceptors (Lipinski definition) is 6. The maximum Gasteiger partial charge on any atom is 0.226 e. The van der Waals surface area contributed by atoms with E-state index in [0.717, 1.165) is 42.8 Å². The molecule has 2 aromatic heterocycles. The molecule has 20 heavy (non-hydrogen) atoms. The lowest BCUT2D eigenvalue weighted by Gasteiger charge is -2.34. The minimum absolute atomic E-state index is 0.0969. The zero-order chi connectivity index (χ0) is 14.0. The maximum atomic E-state index is 5.58. The Bertz CT molecular complexity index is 590. The first-order valence-corrected chi connectivity index (χ1v) is 7.01.